The van der Waals surface area contributed by atoms with Crippen molar-refractivity contribution in [3.63, 3.8) is 0 Å². The van der Waals surface area contributed by atoms with Crippen LogP contribution in [-0.4, -0.2) is 40.8 Å². The summed E-state index contributed by atoms with van der Waals surface area (Å²) in [6.07, 6.45) is 1.57. The normalized spacial score (nSPS) is 27.1. The fourth-order valence-electron chi connectivity index (χ4n) is 1.84. The molecule has 2 atom stereocenters. The molecule has 1 aromatic heterocycles. The molecule has 0 aromatic carbocycles. The van der Waals surface area contributed by atoms with Crippen LogP contribution in [0.25, 0.3) is 0 Å². The SMILES string of the molecule is CCN1CC(CO)OC1c1ccccn1. The van der Waals surface area contributed by atoms with E-state index in [1.807, 2.05) is 18.2 Å². The number of hydrogen-bond acceptors (Lipinski definition) is 4. The van der Waals surface area contributed by atoms with Gasteiger partial charge in [0.05, 0.1) is 18.4 Å². The maximum Gasteiger partial charge on any atom is 0.154 e. The summed E-state index contributed by atoms with van der Waals surface area (Å²) in [7, 11) is 0. The summed E-state index contributed by atoms with van der Waals surface area (Å²) in [5.74, 6) is 0. The van der Waals surface area contributed by atoms with Crippen molar-refractivity contribution >= 4 is 0 Å². The van der Waals surface area contributed by atoms with Gasteiger partial charge in [-0.05, 0) is 18.7 Å². The quantitative estimate of drug-likeness (QED) is 0.798. The maximum atomic E-state index is 9.07. The number of aliphatic hydroxyl groups excluding tert-OH is 1. The minimum atomic E-state index is -0.103. The number of ether oxygens (including phenoxy) is 1. The van der Waals surface area contributed by atoms with Crippen LogP contribution >= 0.6 is 0 Å². The molecule has 1 fully saturated rings. The lowest BCUT2D eigenvalue weighted by atomic mass is 10.3. The first kappa shape index (κ1) is 10.5. The van der Waals surface area contributed by atoms with Crippen molar-refractivity contribution in [2.75, 3.05) is 19.7 Å². The van der Waals surface area contributed by atoms with E-state index in [9.17, 15) is 0 Å². The van der Waals surface area contributed by atoms with Gasteiger partial charge < -0.3 is 9.84 Å². The number of pyridine rings is 1. The zero-order valence-corrected chi connectivity index (χ0v) is 8.84. The minimum absolute atomic E-state index is 0.0693. The van der Waals surface area contributed by atoms with Gasteiger partial charge in [0.15, 0.2) is 6.23 Å². The molecule has 2 heterocycles. The van der Waals surface area contributed by atoms with Crippen molar-refractivity contribution in [2.45, 2.75) is 19.3 Å². The molecule has 0 amide bonds. The van der Waals surface area contributed by atoms with Crippen LogP contribution in [0, 0.1) is 0 Å². The number of aliphatic hydroxyl groups is 1. The van der Waals surface area contributed by atoms with E-state index < -0.39 is 0 Å². The van der Waals surface area contributed by atoms with Gasteiger partial charge in [0.25, 0.3) is 0 Å². The molecule has 1 aliphatic rings. The van der Waals surface area contributed by atoms with Crippen molar-refractivity contribution in [3.8, 4) is 0 Å². The van der Waals surface area contributed by atoms with Crippen LogP contribution in [0.15, 0.2) is 24.4 Å². The summed E-state index contributed by atoms with van der Waals surface area (Å²) in [4.78, 5) is 6.45. The van der Waals surface area contributed by atoms with Gasteiger partial charge in [0.1, 0.15) is 0 Å². The summed E-state index contributed by atoms with van der Waals surface area (Å²) < 4.78 is 5.71. The monoisotopic (exact) mass is 208 g/mol. The van der Waals surface area contributed by atoms with Gasteiger partial charge in [-0.25, -0.2) is 0 Å². The molecule has 82 valence electrons. The Morgan fingerprint density at radius 1 is 1.60 bits per heavy atom. The van der Waals surface area contributed by atoms with E-state index in [1.165, 1.54) is 0 Å². The first-order valence-corrected chi connectivity index (χ1v) is 5.26. The number of rotatable bonds is 3. The fraction of sp³-hybridized carbons (Fsp3) is 0.545. The maximum absolute atomic E-state index is 9.07. The largest absolute Gasteiger partial charge is 0.394 e. The lowest BCUT2D eigenvalue weighted by molar-refractivity contribution is -0.0208. The van der Waals surface area contributed by atoms with E-state index in [1.54, 1.807) is 6.20 Å². The van der Waals surface area contributed by atoms with Crippen molar-refractivity contribution in [1.82, 2.24) is 9.88 Å². The van der Waals surface area contributed by atoms with Gasteiger partial charge in [-0.2, -0.15) is 0 Å². The van der Waals surface area contributed by atoms with Gasteiger partial charge in [-0.1, -0.05) is 13.0 Å². The van der Waals surface area contributed by atoms with Crippen molar-refractivity contribution in [1.29, 1.82) is 0 Å². The Kier molecular flexibility index (Phi) is 3.30. The third-order valence-electron chi connectivity index (χ3n) is 2.64. The van der Waals surface area contributed by atoms with Crippen molar-refractivity contribution in [3.05, 3.63) is 30.1 Å². The molecule has 4 nitrogen and oxygen atoms in total. The smallest absolute Gasteiger partial charge is 0.154 e. The average Bonchev–Trinajstić information content (AvgIpc) is 2.73. The van der Waals surface area contributed by atoms with Crippen molar-refractivity contribution in [2.24, 2.45) is 0 Å². The van der Waals surface area contributed by atoms with Gasteiger partial charge in [-0.3, -0.25) is 9.88 Å². The number of likely N-dealkylation sites (N-methyl/N-ethyl adjacent to an activating group) is 1. The molecule has 1 N–H and O–H groups in total. The highest BCUT2D eigenvalue weighted by Crippen LogP contribution is 2.28. The lowest BCUT2D eigenvalue weighted by Crippen LogP contribution is -2.25. The van der Waals surface area contributed by atoms with Crippen molar-refractivity contribution < 1.29 is 9.84 Å². The number of aromatic nitrogens is 1. The fourth-order valence-corrected chi connectivity index (χ4v) is 1.84. The molecular formula is C11H16N2O2. The Bertz CT molecular complexity index is 305. The second kappa shape index (κ2) is 4.70. The van der Waals surface area contributed by atoms with E-state index in [0.717, 1.165) is 18.8 Å². The van der Waals surface area contributed by atoms with Crippen LogP contribution in [-0.2, 0) is 4.74 Å². The third kappa shape index (κ3) is 2.17. The Morgan fingerprint density at radius 3 is 3.07 bits per heavy atom. The summed E-state index contributed by atoms with van der Waals surface area (Å²) in [6.45, 7) is 3.82. The predicted molar refractivity (Wildman–Crippen MR) is 56.2 cm³/mol. The minimum Gasteiger partial charge on any atom is -0.394 e. The van der Waals surface area contributed by atoms with Crippen LogP contribution in [0.1, 0.15) is 18.8 Å². The molecule has 2 rings (SSSR count). The standard InChI is InChI=1S/C11H16N2O2/c1-2-13-7-9(8-14)15-11(13)10-5-3-4-6-12-10/h3-6,9,11,14H,2,7-8H2,1H3. The molecule has 1 saturated heterocycles. The zero-order valence-electron chi connectivity index (χ0n) is 8.84. The molecule has 0 bridgehead atoms. The second-order valence-corrected chi connectivity index (χ2v) is 3.64. The Morgan fingerprint density at radius 2 is 2.47 bits per heavy atom. The molecular weight excluding hydrogens is 192 g/mol. The van der Waals surface area contributed by atoms with Gasteiger partial charge in [0, 0.05) is 12.7 Å². The summed E-state index contributed by atoms with van der Waals surface area (Å²) in [6, 6.07) is 5.79. The first-order chi connectivity index (χ1) is 7.35. The van der Waals surface area contributed by atoms with Crippen LogP contribution < -0.4 is 0 Å². The van der Waals surface area contributed by atoms with Gasteiger partial charge in [0.2, 0.25) is 0 Å². The molecule has 0 aliphatic carbocycles. The van der Waals surface area contributed by atoms with E-state index in [0.29, 0.717) is 0 Å². The highest BCUT2D eigenvalue weighted by atomic mass is 16.5. The Balaban J connectivity index is 2.14. The summed E-state index contributed by atoms with van der Waals surface area (Å²) in [5.41, 5.74) is 0.912. The van der Waals surface area contributed by atoms with Gasteiger partial charge in [-0.15, -0.1) is 0 Å². The van der Waals surface area contributed by atoms with E-state index >= 15 is 0 Å². The Hall–Kier alpha value is -0.970. The molecule has 1 aromatic rings. The zero-order chi connectivity index (χ0) is 10.7. The first-order valence-electron chi connectivity index (χ1n) is 5.26. The summed E-state index contributed by atoms with van der Waals surface area (Å²) >= 11 is 0. The number of nitrogens with zero attached hydrogens (tertiary/aromatic N) is 2. The van der Waals surface area contributed by atoms with E-state index in [4.69, 9.17) is 9.84 Å². The molecule has 4 heteroatoms. The topological polar surface area (TPSA) is 45.6 Å². The highest BCUT2D eigenvalue weighted by Gasteiger charge is 2.32. The van der Waals surface area contributed by atoms with E-state index in [2.05, 4.69) is 16.8 Å². The van der Waals surface area contributed by atoms with Crippen LogP contribution in [0.2, 0.25) is 0 Å². The van der Waals surface area contributed by atoms with Gasteiger partial charge >= 0.3 is 0 Å². The molecule has 15 heavy (non-hydrogen) atoms. The summed E-state index contributed by atoms with van der Waals surface area (Å²) in [5, 5.41) is 9.07. The molecule has 0 saturated carbocycles. The van der Waals surface area contributed by atoms with Crippen LogP contribution in [0.5, 0.6) is 0 Å². The predicted octanol–water partition coefficient (Wildman–Crippen LogP) is 0.793. The van der Waals surface area contributed by atoms with Crippen LogP contribution in [0.3, 0.4) is 0 Å². The van der Waals surface area contributed by atoms with Crippen LogP contribution in [0.4, 0.5) is 0 Å². The van der Waals surface area contributed by atoms with E-state index in [-0.39, 0.29) is 18.9 Å². The molecule has 0 radical (unpaired) electrons. The average molecular weight is 208 g/mol. The Labute approximate surface area is 89.5 Å². The second-order valence-electron chi connectivity index (χ2n) is 3.64. The number of hydrogen-bond donors (Lipinski definition) is 1. The highest BCUT2D eigenvalue weighted by molar-refractivity contribution is 5.08. The molecule has 2 unspecified atom stereocenters. The third-order valence-corrected chi connectivity index (χ3v) is 2.64. The molecule has 0 spiro atoms. The molecule has 1 aliphatic heterocycles. The lowest BCUT2D eigenvalue weighted by Gasteiger charge is -2.19.